The Hall–Kier alpha value is -0.250. The Morgan fingerprint density at radius 2 is 1.93 bits per heavy atom. The Kier molecular flexibility index (Phi) is 3.24. The van der Waals surface area contributed by atoms with Crippen LogP contribution in [-0.4, -0.2) is 31.2 Å². The Morgan fingerprint density at radius 1 is 1.27 bits per heavy atom. The summed E-state index contributed by atoms with van der Waals surface area (Å²) in [5.41, 5.74) is 1.85. The molecule has 1 aliphatic heterocycles. The largest absolute Gasteiger partial charge is 0.370 e. The highest BCUT2D eigenvalue weighted by Gasteiger charge is 2.31. The SMILES string of the molecule is CC1(C)CC(=S)C=C([NH+]2CCOCC2)C1. The first-order chi connectivity index (χ1) is 7.07. The maximum atomic E-state index is 5.39. The molecule has 0 unspecified atom stereocenters. The minimum Gasteiger partial charge on any atom is -0.370 e. The second kappa shape index (κ2) is 4.32. The normalized spacial score (nSPS) is 27.6. The highest BCUT2D eigenvalue weighted by Crippen LogP contribution is 2.32. The summed E-state index contributed by atoms with van der Waals surface area (Å²) in [7, 11) is 0. The average molecular weight is 226 g/mol. The number of ether oxygens (including phenoxy) is 1. The molecule has 2 rings (SSSR count). The van der Waals surface area contributed by atoms with E-state index < -0.39 is 0 Å². The molecule has 1 aliphatic carbocycles. The van der Waals surface area contributed by atoms with Gasteiger partial charge in [-0.05, 0) is 11.8 Å². The molecule has 0 atom stereocenters. The van der Waals surface area contributed by atoms with Crippen molar-refractivity contribution in [2.24, 2.45) is 5.41 Å². The standard InChI is InChI=1S/C12H19NOS/c1-12(2)8-10(7-11(15)9-12)13-3-5-14-6-4-13/h7H,3-6,8-9H2,1-2H3/p+1. The molecule has 0 saturated carbocycles. The molecule has 15 heavy (non-hydrogen) atoms. The maximum Gasteiger partial charge on any atom is 0.109 e. The number of morpholine rings is 1. The summed E-state index contributed by atoms with van der Waals surface area (Å²) >= 11 is 5.38. The van der Waals surface area contributed by atoms with Crippen molar-refractivity contribution in [2.45, 2.75) is 26.7 Å². The van der Waals surface area contributed by atoms with E-state index in [4.69, 9.17) is 17.0 Å². The van der Waals surface area contributed by atoms with Crippen LogP contribution in [0, 0.1) is 5.41 Å². The van der Waals surface area contributed by atoms with E-state index in [1.807, 2.05) is 0 Å². The molecule has 0 spiro atoms. The maximum absolute atomic E-state index is 5.39. The third kappa shape index (κ3) is 2.86. The zero-order valence-electron chi connectivity index (χ0n) is 9.64. The first kappa shape index (κ1) is 11.2. The van der Waals surface area contributed by atoms with E-state index >= 15 is 0 Å². The van der Waals surface area contributed by atoms with Gasteiger partial charge in [-0.2, -0.15) is 0 Å². The summed E-state index contributed by atoms with van der Waals surface area (Å²) in [5.74, 6) is 0. The van der Waals surface area contributed by atoms with Gasteiger partial charge in [0.25, 0.3) is 0 Å². The lowest BCUT2D eigenvalue weighted by molar-refractivity contribution is -0.871. The smallest absolute Gasteiger partial charge is 0.109 e. The predicted molar refractivity (Wildman–Crippen MR) is 65.2 cm³/mol. The molecule has 2 nitrogen and oxygen atoms in total. The van der Waals surface area contributed by atoms with Crippen LogP contribution in [0.2, 0.25) is 0 Å². The summed E-state index contributed by atoms with van der Waals surface area (Å²) in [6.07, 6.45) is 4.49. The van der Waals surface area contributed by atoms with Gasteiger partial charge < -0.3 is 9.64 Å². The van der Waals surface area contributed by atoms with Gasteiger partial charge in [0.1, 0.15) is 18.8 Å². The van der Waals surface area contributed by atoms with Crippen LogP contribution in [0.5, 0.6) is 0 Å². The first-order valence-electron chi connectivity index (χ1n) is 5.73. The number of nitrogens with one attached hydrogen (secondary N) is 1. The second-order valence-corrected chi connectivity index (χ2v) is 5.89. The fourth-order valence-corrected chi connectivity index (χ4v) is 3.05. The zero-order valence-corrected chi connectivity index (χ0v) is 10.5. The van der Waals surface area contributed by atoms with Crippen molar-refractivity contribution in [1.82, 2.24) is 0 Å². The van der Waals surface area contributed by atoms with Crippen LogP contribution in [0.25, 0.3) is 0 Å². The summed E-state index contributed by atoms with van der Waals surface area (Å²) in [5, 5.41) is 0. The lowest BCUT2D eigenvalue weighted by Gasteiger charge is -2.34. The van der Waals surface area contributed by atoms with E-state index in [1.165, 1.54) is 12.1 Å². The van der Waals surface area contributed by atoms with Gasteiger partial charge in [-0.1, -0.05) is 26.1 Å². The van der Waals surface area contributed by atoms with Gasteiger partial charge in [-0.25, -0.2) is 0 Å². The molecule has 84 valence electrons. The number of allylic oxidation sites excluding steroid dienone is 2. The number of hydrogen-bond acceptors (Lipinski definition) is 2. The van der Waals surface area contributed by atoms with Gasteiger partial charge in [-0.3, -0.25) is 0 Å². The van der Waals surface area contributed by atoms with E-state index in [9.17, 15) is 0 Å². The Morgan fingerprint density at radius 3 is 2.53 bits per heavy atom. The van der Waals surface area contributed by atoms with Crippen LogP contribution < -0.4 is 4.90 Å². The van der Waals surface area contributed by atoms with Crippen LogP contribution in [-0.2, 0) is 4.74 Å². The lowest BCUT2D eigenvalue weighted by atomic mass is 9.79. The Balaban J connectivity index is 2.10. The van der Waals surface area contributed by atoms with Crippen molar-refractivity contribution in [2.75, 3.05) is 26.3 Å². The number of quaternary nitrogens is 1. The summed E-state index contributed by atoms with van der Waals surface area (Å²) < 4.78 is 5.39. The van der Waals surface area contributed by atoms with Gasteiger partial charge in [0.2, 0.25) is 0 Å². The van der Waals surface area contributed by atoms with E-state index in [2.05, 4.69) is 19.9 Å². The van der Waals surface area contributed by atoms with Gasteiger partial charge in [0.05, 0.1) is 13.2 Å². The molecule has 0 aromatic heterocycles. The van der Waals surface area contributed by atoms with E-state index in [1.54, 1.807) is 4.90 Å². The molecule has 1 heterocycles. The minimum absolute atomic E-state index is 0.354. The minimum atomic E-state index is 0.354. The molecule has 0 amide bonds. The fraction of sp³-hybridized carbons (Fsp3) is 0.750. The van der Waals surface area contributed by atoms with Crippen LogP contribution in [0.3, 0.4) is 0 Å². The highest BCUT2D eigenvalue weighted by atomic mass is 32.1. The van der Waals surface area contributed by atoms with Gasteiger partial charge in [0, 0.05) is 17.4 Å². The Labute approximate surface area is 97.3 Å². The van der Waals surface area contributed by atoms with Gasteiger partial charge >= 0.3 is 0 Å². The van der Waals surface area contributed by atoms with Crippen LogP contribution in [0.15, 0.2) is 11.8 Å². The highest BCUT2D eigenvalue weighted by molar-refractivity contribution is 7.80. The molecular formula is C12H20NOS+. The fourth-order valence-electron chi connectivity index (χ4n) is 2.51. The van der Waals surface area contributed by atoms with Crippen molar-refractivity contribution in [1.29, 1.82) is 0 Å². The number of hydrogen-bond donors (Lipinski definition) is 1. The van der Waals surface area contributed by atoms with E-state index in [-0.39, 0.29) is 0 Å². The van der Waals surface area contributed by atoms with Crippen molar-refractivity contribution in [3.05, 3.63) is 11.8 Å². The van der Waals surface area contributed by atoms with E-state index in [0.717, 1.165) is 37.6 Å². The zero-order chi connectivity index (χ0) is 10.9. The molecule has 1 N–H and O–H groups in total. The molecule has 0 aromatic rings. The molecule has 0 aromatic carbocycles. The molecule has 1 fully saturated rings. The molecule has 2 aliphatic rings. The first-order valence-corrected chi connectivity index (χ1v) is 6.14. The number of thiocarbonyl (C=S) groups is 1. The molecule has 0 radical (unpaired) electrons. The summed E-state index contributed by atoms with van der Waals surface area (Å²) in [4.78, 5) is 2.71. The molecule has 1 saturated heterocycles. The van der Waals surface area contributed by atoms with Crippen LogP contribution in [0.1, 0.15) is 26.7 Å². The van der Waals surface area contributed by atoms with Crippen molar-refractivity contribution in [3.63, 3.8) is 0 Å². The number of rotatable bonds is 1. The predicted octanol–water partition coefficient (Wildman–Crippen LogP) is 0.975. The third-order valence-corrected chi connectivity index (χ3v) is 3.47. The topological polar surface area (TPSA) is 13.7 Å². The van der Waals surface area contributed by atoms with Crippen molar-refractivity contribution >= 4 is 17.1 Å². The monoisotopic (exact) mass is 226 g/mol. The summed E-state index contributed by atoms with van der Waals surface area (Å²) in [6, 6.07) is 0. The summed E-state index contributed by atoms with van der Waals surface area (Å²) in [6.45, 7) is 8.60. The molecular weight excluding hydrogens is 206 g/mol. The van der Waals surface area contributed by atoms with Crippen molar-refractivity contribution < 1.29 is 9.64 Å². The van der Waals surface area contributed by atoms with Gasteiger partial charge in [0.15, 0.2) is 0 Å². The molecule has 0 bridgehead atoms. The van der Waals surface area contributed by atoms with Crippen LogP contribution >= 0.6 is 12.2 Å². The second-order valence-electron chi connectivity index (χ2n) is 5.37. The quantitative estimate of drug-likeness (QED) is 0.670. The van der Waals surface area contributed by atoms with Gasteiger partial charge in [-0.15, -0.1) is 0 Å². The van der Waals surface area contributed by atoms with Crippen LogP contribution in [0.4, 0.5) is 0 Å². The third-order valence-electron chi connectivity index (χ3n) is 3.21. The lowest BCUT2D eigenvalue weighted by Crippen LogP contribution is -3.12. The average Bonchev–Trinajstić information content (AvgIpc) is 2.16. The Bertz CT molecular complexity index is 290. The molecule has 3 heteroatoms. The van der Waals surface area contributed by atoms with E-state index in [0.29, 0.717) is 5.41 Å². The van der Waals surface area contributed by atoms with Crippen molar-refractivity contribution in [3.8, 4) is 0 Å².